The Morgan fingerprint density at radius 1 is 1.11 bits per heavy atom. The van der Waals surface area contributed by atoms with E-state index in [1.807, 2.05) is 35.6 Å². The fraction of sp³-hybridized carbons (Fsp3) is 0.593. The standard InChI is InChI=1S/C27H38N6O3/c1-20-29-32(27(35)24-18-22-23(33(20)24)10-6-11-25(22)36-2)19-26(34)28-12-7-13-30-14-16-31(17-15-30)21-8-4-3-5-9-21/h6,10-11,18,21H,3-5,7-9,12-17,19H2,1-2H3,(H,28,34). The van der Waals surface area contributed by atoms with Gasteiger partial charge in [0.05, 0.1) is 12.6 Å². The second-order valence-corrected chi connectivity index (χ2v) is 10.1. The van der Waals surface area contributed by atoms with Gasteiger partial charge in [-0.15, -0.1) is 0 Å². The maximum Gasteiger partial charge on any atom is 0.291 e. The van der Waals surface area contributed by atoms with Crippen molar-refractivity contribution in [2.24, 2.45) is 0 Å². The van der Waals surface area contributed by atoms with Crippen molar-refractivity contribution in [2.75, 3.05) is 46.4 Å². The molecule has 0 bridgehead atoms. The third kappa shape index (κ3) is 5.13. The minimum Gasteiger partial charge on any atom is -0.496 e. The second-order valence-electron chi connectivity index (χ2n) is 10.1. The molecule has 3 aromatic rings. The molecule has 1 aliphatic carbocycles. The number of nitrogens with zero attached hydrogens (tertiary/aromatic N) is 5. The molecule has 9 nitrogen and oxygen atoms in total. The van der Waals surface area contributed by atoms with Crippen LogP contribution in [0.2, 0.25) is 0 Å². The Bertz CT molecular complexity index is 1270. The van der Waals surface area contributed by atoms with Gasteiger partial charge in [0.15, 0.2) is 0 Å². The average molecular weight is 495 g/mol. The van der Waals surface area contributed by atoms with Crippen LogP contribution in [0.5, 0.6) is 5.75 Å². The minimum atomic E-state index is -0.287. The number of hydrogen-bond acceptors (Lipinski definition) is 6. The van der Waals surface area contributed by atoms with E-state index in [9.17, 15) is 9.59 Å². The van der Waals surface area contributed by atoms with Crippen LogP contribution in [-0.4, -0.2) is 82.3 Å². The molecule has 1 saturated heterocycles. The molecule has 0 radical (unpaired) electrons. The number of hydrogen-bond donors (Lipinski definition) is 1. The predicted molar refractivity (Wildman–Crippen MR) is 141 cm³/mol. The fourth-order valence-electron chi connectivity index (χ4n) is 5.91. The molecule has 1 saturated carbocycles. The molecule has 194 valence electrons. The molecule has 5 rings (SSSR count). The van der Waals surface area contributed by atoms with E-state index in [0.717, 1.165) is 56.1 Å². The Morgan fingerprint density at radius 2 is 1.89 bits per heavy atom. The summed E-state index contributed by atoms with van der Waals surface area (Å²) in [4.78, 5) is 30.9. The summed E-state index contributed by atoms with van der Waals surface area (Å²) in [7, 11) is 1.61. The molecule has 0 unspecified atom stereocenters. The number of piperazine rings is 1. The van der Waals surface area contributed by atoms with Crippen molar-refractivity contribution >= 4 is 22.3 Å². The van der Waals surface area contributed by atoms with Gasteiger partial charge in [0, 0.05) is 44.2 Å². The van der Waals surface area contributed by atoms with Gasteiger partial charge < -0.3 is 15.0 Å². The summed E-state index contributed by atoms with van der Waals surface area (Å²) in [5.41, 5.74) is 1.06. The molecule has 0 spiro atoms. The van der Waals surface area contributed by atoms with Gasteiger partial charge in [0.25, 0.3) is 5.56 Å². The minimum absolute atomic E-state index is 0.0884. The molecule has 2 fully saturated rings. The molecule has 2 aliphatic rings. The van der Waals surface area contributed by atoms with E-state index < -0.39 is 0 Å². The maximum absolute atomic E-state index is 13.1. The van der Waals surface area contributed by atoms with Crippen molar-refractivity contribution in [3.05, 3.63) is 40.4 Å². The third-order valence-electron chi connectivity index (χ3n) is 7.83. The van der Waals surface area contributed by atoms with Crippen LogP contribution in [0.3, 0.4) is 0 Å². The Kier molecular flexibility index (Phi) is 7.57. The third-order valence-corrected chi connectivity index (χ3v) is 7.83. The van der Waals surface area contributed by atoms with Crippen LogP contribution in [0.15, 0.2) is 29.1 Å². The Balaban J connectivity index is 1.12. The first-order valence-electron chi connectivity index (χ1n) is 13.3. The number of methoxy groups -OCH3 is 1. The van der Waals surface area contributed by atoms with Gasteiger partial charge in [-0.1, -0.05) is 25.3 Å². The van der Waals surface area contributed by atoms with Crippen molar-refractivity contribution < 1.29 is 9.53 Å². The number of aromatic nitrogens is 3. The highest BCUT2D eigenvalue weighted by Gasteiger charge is 2.24. The van der Waals surface area contributed by atoms with Gasteiger partial charge in [0.1, 0.15) is 23.6 Å². The number of carbonyl (C=O) groups is 1. The largest absolute Gasteiger partial charge is 0.496 e. The van der Waals surface area contributed by atoms with Crippen LogP contribution in [0, 0.1) is 6.92 Å². The summed E-state index contributed by atoms with van der Waals surface area (Å²) in [6, 6.07) is 8.31. The lowest BCUT2D eigenvalue weighted by atomic mass is 9.94. The number of rotatable bonds is 8. The molecule has 36 heavy (non-hydrogen) atoms. The van der Waals surface area contributed by atoms with Gasteiger partial charge >= 0.3 is 0 Å². The van der Waals surface area contributed by atoms with Crippen LogP contribution >= 0.6 is 0 Å². The van der Waals surface area contributed by atoms with Crippen molar-refractivity contribution in [3.63, 3.8) is 0 Å². The topological polar surface area (TPSA) is 84.1 Å². The highest BCUT2D eigenvalue weighted by atomic mass is 16.5. The first kappa shape index (κ1) is 24.8. The van der Waals surface area contributed by atoms with Crippen LogP contribution < -0.4 is 15.6 Å². The Morgan fingerprint density at radius 3 is 2.64 bits per heavy atom. The van der Waals surface area contributed by atoms with Crippen LogP contribution in [-0.2, 0) is 11.3 Å². The van der Waals surface area contributed by atoms with Crippen molar-refractivity contribution in [2.45, 2.75) is 58.0 Å². The van der Waals surface area contributed by atoms with E-state index in [1.165, 1.54) is 36.8 Å². The number of benzene rings is 1. The molecule has 1 N–H and O–H groups in total. The lowest BCUT2D eigenvalue weighted by Gasteiger charge is -2.40. The van der Waals surface area contributed by atoms with Gasteiger partial charge in [-0.25, -0.2) is 4.68 Å². The number of aryl methyl sites for hydroxylation is 1. The summed E-state index contributed by atoms with van der Waals surface area (Å²) in [5.74, 6) is 1.16. The molecule has 2 aromatic heterocycles. The van der Waals surface area contributed by atoms with E-state index in [-0.39, 0.29) is 18.0 Å². The number of fused-ring (bicyclic) bond motifs is 3. The Hall–Kier alpha value is -2.91. The highest BCUT2D eigenvalue weighted by molar-refractivity contribution is 5.92. The molecule has 1 aliphatic heterocycles. The fourth-order valence-corrected chi connectivity index (χ4v) is 5.91. The van der Waals surface area contributed by atoms with Gasteiger partial charge in [-0.05, 0) is 50.9 Å². The number of nitrogens with one attached hydrogen (secondary N) is 1. The van der Waals surface area contributed by atoms with E-state index >= 15 is 0 Å². The molecule has 9 heteroatoms. The highest BCUT2D eigenvalue weighted by Crippen LogP contribution is 2.28. The summed E-state index contributed by atoms with van der Waals surface area (Å²) >= 11 is 0. The quantitative estimate of drug-likeness (QED) is 0.484. The number of amides is 1. The maximum atomic E-state index is 13.1. The molecule has 3 heterocycles. The monoisotopic (exact) mass is 494 g/mol. The molecular formula is C27H38N6O3. The first-order valence-corrected chi connectivity index (χ1v) is 13.3. The van der Waals surface area contributed by atoms with E-state index in [4.69, 9.17) is 4.74 Å². The zero-order valence-corrected chi connectivity index (χ0v) is 21.5. The first-order chi connectivity index (χ1) is 17.5. The Labute approximate surface area is 212 Å². The molecule has 1 aromatic carbocycles. The van der Waals surface area contributed by atoms with E-state index in [1.54, 1.807) is 7.11 Å². The van der Waals surface area contributed by atoms with Gasteiger partial charge in [0.2, 0.25) is 5.91 Å². The lowest BCUT2D eigenvalue weighted by Crippen LogP contribution is -2.51. The van der Waals surface area contributed by atoms with Crippen molar-refractivity contribution in [1.82, 2.24) is 29.3 Å². The van der Waals surface area contributed by atoms with E-state index in [2.05, 4.69) is 20.2 Å². The predicted octanol–water partition coefficient (Wildman–Crippen LogP) is 2.42. The SMILES string of the molecule is COc1cccc2c1cc1c(=O)n(CC(=O)NCCCN3CCN(C4CCCCC4)CC3)nc(C)n12. The zero-order chi connectivity index (χ0) is 25.1. The average Bonchev–Trinajstić information content (AvgIpc) is 3.31. The van der Waals surface area contributed by atoms with Gasteiger partial charge in [-0.3, -0.25) is 18.9 Å². The number of carbonyl (C=O) groups excluding carboxylic acids is 1. The van der Waals surface area contributed by atoms with E-state index in [0.29, 0.717) is 23.6 Å². The van der Waals surface area contributed by atoms with Crippen LogP contribution in [0.4, 0.5) is 0 Å². The molecular weight excluding hydrogens is 456 g/mol. The molecule has 0 atom stereocenters. The van der Waals surface area contributed by atoms with Crippen LogP contribution in [0.1, 0.15) is 44.3 Å². The summed E-state index contributed by atoms with van der Waals surface area (Å²) in [6.45, 7) is 7.88. The normalized spacial score (nSPS) is 18.2. The molecule has 1 amide bonds. The van der Waals surface area contributed by atoms with Crippen molar-refractivity contribution in [1.29, 1.82) is 0 Å². The summed E-state index contributed by atoms with van der Waals surface area (Å²) < 4.78 is 8.53. The smallest absolute Gasteiger partial charge is 0.291 e. The zero-order valence-electron chi connectivity index (χ0n) is 21.5. The second kappa shape index (κ2) is 11.0. The van der Waals surface area contributed by atoms with Gasteiger partial charge in [-0.2, -0.15) is 5.10 Å². The lowest BCUT2D eigenvalue weighted by molar-refractivity contribution is -0.121. The number of ether oxygens (including phenoxy) is 1. The van der Waals surface area contributed by atoms with Crippen molar-refractivity contribution in [3.8, 4) is 5.75 Å². The van der Waals surface area contributed by atoms with Crippen LogP contribution in [0.25, 0.3) is 16.4 Å². The summed E-state index contributed by atoms with van der Waals surface area (Å²) in [5, 5.41) is 8.24. The summed E-state index contributed by atoms with van der Waals surface area (Å²) in [6.07, 6.45) is 7.81.